The number of pyridine rings is 1. The first-order valence-electron chi connectivity index (χ1n) is 5.45. The van der Waals surface area contributed by atoms with Gasteiger partial charge in [-0.1, -0.05) is 0 Å². The maximum absolute atomic E-state index is 13.2. The minimum atomic E-state index is -1.30. The van der Waals surface area contributed by atoms with Crippen molar-refractivity contribution in [1.29, 1.82) is 0 Å². The van der Waals surface area contributed by atoms with E-state index in [1.54, 1.807) is 0 Å². The van der Waals surface area contributed by atoms with E-state index in [1.165, 1.54) is 0 Å². The molecule has 1 saturated heterocycles. The molecule has 1 fully saturated rings. The molecular formula is C11H13F3N2O. The molecule has 0 spiro atoms. The minimum absolute atomic E-state index is 0.0795. The Balaban J connectivity index is 2.01. The van der Waals surface area contributed by atoms with Crippen molar-refractivity contribution in [2.75, 3.05) is 18.5 Å². The lowest BCUT2D eigenvalue weighted by molar-refractivity contribution is 0.108. The Hall–Kier alpha value is -1.30. The van der Waals surface area contributed by atoms with Gasteiger partial charge in [0.05, 0.1) is 6.10 Å². The van der Waals surface area contributed by atoms with Crippen LogP contribution < -0.4 is 5.32 Å². The van der Waals surface area contributed by atoms with Crippen molar-refractivity contribution in [2.24, 2.45) is 5.92 Å². The van der Waals surface area contributed by atoms with Gasteiger partial charge in [-0.25, -0.2) is 8.78 Å². The Kier molecular flexibility index (Phi) is 3.51. The second kappa shape index (κ2) is 4.91. The molecule has 0 aliphatic carbocycles. The van der Waals surface area contributed by atoms with Crippen molar-refractivity contribution in [1.82, 2.24) is 4.98 Å². The smallest absolute Gasteiger partial charge is 0.251 e. The van der Waals surface area contributed by atoms with Gasteiger partial charge in [0, 0.05) is 25.1 Å². The van der Waals surface area contributed by atoms with Crippen molar-refractivity contribution >= 4 is 5.82 Å². The third kappa shape index (κ3) is 2.69. The van der Waals surface area contributed by atoms with Crippen LogP contribution in [-0.2, 0) is 4.74 Å². The first-order chi connectivity index (χ1) is 8.08. The van der Waals surface area contributed by atoms with E-state index < -0.39 is 17.6 Å². The van der Waals surface area contributed by atoms with Crippen LogP contribution >= 0.6 is 0 Å². The van der Waals surface area contributed by atoms with Crippen molar-refractivity contribution < 1.29 is 17.9 Å². The molecule has 1 aliphatic heterocycles. The van der Waals surface area contributed by atoms with Crippen LogP contribution in [0.3, 0.4) is 0 Å². The summed E-state index contributed by atoms with van der Waals surface area (Å²) < 4.78 is 44.0. The highest BCUT2D eigenvalue weighted by Crippen LogP contribution is 2.21. The molecule has 6 heteroatoms. The van der Waals surface area contributed by atoms with E-state index in [9.17, 15) is 13.2 Å². The van der Waals surface area contributed by atoms with Gasteiger partial charge in [-0.3, -0.25) is 0 Å². The van der Waals surface area contributed by atoms with Crippen LogP contribution in [0.4, 0.5) is 19.0 Å². The van der Waals surface area contributed by atoms with Gasteiger partial charge in [0.2, 0.25) is 0 Å². The second-order valence-electron chi connectivity index (χ2n) is 4.10. The standard InChI is InChI=1S/C11H13F3N2O/c1-6-7(2-3-17-6)5-15-11-9(13)4-8(12)10(14)16-11/h4,6-7H,2-3,5H2,1H3,(H,15,16). The van der Waals surface area contributed by atoms with Gasteiger partial charge < -0.3 is 10.1 Å². The van der Waals surface area contributed by atoms with Gasteiger partial charge in [0.25, 0.3) is 5.95 Å². The molecule has 0 aromatic carbocycles. The van der Waals surface area contributed by atoms with E-state index in [-0.39, 0.29) is 17.8 Å². The van der Waals surface area contributed by atoms with E-state index in [0.29, 0.717) is 19.2 Å². The molecule has 1 aromatic rings. The van der Waals surface area contributed by atoms with E-state index in [4.69, 9.17) is 4.74 Å². The number of nitrogens with zero attached hydrogens (tertiary/aromatic N) is 1. The Morgan fingerprint density at radius 1 is 1.41 bits per heavy atom. The number of anilines is 1. The zero-order chi connectivity index (χ0) is 12.4. The maximum atomic E-state index is 13.2. The highest BCUT2D eigenvalue weighted by Gasteiger charge is 2.24. The molecule has 1 aliphatic rings. The monoisotopic (exact) mass is 246 g/mol. The summed E-state index contributed by atoms with van der Waals surface area (Å²) >= 11 is 0. The quantitative estimate of drug-likeness (QED) is 0.831. The molecule has 0 bridgehead atoms. The van der Waals surface area contributed by atoms with Crippen LogP contribution in [0.25, 0.3) is 0 Å². The summed E-state index contributed by atoms with van der Waals surface area (Å²) in [4.78, 5) is 3.19. The van der Waals surface area contributed by atoms with Gasteiger partial charge in [0.15, 0.2) is 17.5 Å². The highest BCUT2D eigenvalue weighted by molar-refractivity contribution is 5.36. The Morgan fingerprint density at radius 2 is 2.18 bits per heavy atom. The number of nitrogens with one attached hydrogen (secondary N) is 1. The third-order valence-electron chi connectivity index (χ3n) is 2.95. The first-order valence-corrected chi connectivity index (χ1v) is 5.45. The van der Waals surface area contributed by atoms with Crippen molar-refractivity contribution in [3.05, 3.63) is 23.6 Å². The predicted molar refractivity (Wildman–Crippen MR) is 56.1 cm³/mol. The molecule has 17 heavy (non-hydrogen) atoms. The zero-order valence-electron chi connectivity index (χ0n) is 9.34. The number of hydrogen-bond donors (Lipinski definition) is 1. The Labute approximate surface area is 97.0 Å². The number of hydrogen-bond acceptors (Lipinski definition) is 3. The van der Waals surface area contributed by atoms with Gasteiger partial charge in [-0.05, 0) is 13.3 Å². The zero-order valence-corrected chi connectivity index (χ0v) is 9.34. The lowest BCUT2D eigenvalue weighted by atomic mass is 10.0. The summed E-state index contributed by atoms with van der Waals surface area (Å²) in [5.41, 5.74) is 0. The lowest BCUT2D eigenvalue weighted by Gasteiger charge is -2.15. The fourth-order valence-corrected chi connectivity index (χ4v) is 1.84. The predicted octanol–water partition coefficient (Wildman–Crippen LogP) is 2.34. The van der Waals surface area contributed by atoms with Crippen molar-refractivity contribution in [3.63, 3.8) is 0 Å². The minimum Gasteiger partial charge on any atom is -0.378 e. The fraction of sp³-hybridized carbons (Fsp3) is 0.545. The Morgan fingerprint density at radius 3 is 2.82 bits per heavy atom. The van der Waals surface area contributed by atoms with Crippen LogP contribution in [0, 0.1) is 23.5 Å². The largest absolute Gasteiger partial charge is 0.378 e. The molecule has 0 amide bonds. The first kappa shape index (κ1) is 12.2. The number of ether oxygens (including phenoxy) is 1. The maximum Gasteiger partial charge on any atom is 0.251 e. The molecule has 2 atom stereocenters. The molecule has 1 aromatic heterocycles. The summed E-state index contributed by atoms with van der Waals surface area (Å²) in [6.45, 7) is 3.02. The van der Waals surface area contributed by atoms with Gasteiger partial charge in [0.1, 0.15) is 0 Å². The van der Waals surface area contributed by atoms with Crippen LogP contribution in [0.1, 0.15) is 13.3 Å². The molecule has 2 unspecified atom stereocenters. The summed E-state index contributed by atoms with van der Waals surface area (Å²) in [7, 11) is 0. The molecule has 0 saturated carbocycles. The Bertz CT molecular complexity index is 414. The van der Waals surface area contributed by atoms with Crippen LogP contribution in [0.2, 0.25) is 0 Å². The SMILES string of the molecule is CC1OCCC1CNc1nc(F)c(F)cc1F. The second-order valence-corrected chi connectivity index (χ2v) is 4.10. The third-order valence-corrected chi connectivity index (χ3v) is 2.95. The molecule has 2 rings (SSSR count). The van der Waals surface area contributed by atoms with Crippen LogP contribution in [-0.4, -0.2) is 24.2 Å². The average molecular weight is 246 g/mol. The van der Waals surface area contributed by atoms with Gasteiger partial charge >= 0.3 is 0 Å². The van der Waals surface area contributed by atoms with Crippen molar-refractivity contribution in [3.8, 4) is 0 Å². The van der Waals surface area contributed by atoms with E-state index in [2.05, 4.69) is 10.3 Å². The number of rotatable bonds is 3. The molecular weight excluding hydrogens is 233 g/mol. The summed E-state index contributed by atoms with van der Waals surface area (Å²) in [5.74, 6) is -3.52. The van der Waals surface area contributed by atoms with E-state index in [0.717, 1.165) is 6.42 Å². The fourth-order valence-electron chi connectivity index (χ4n) is 1.84. The van der Waals surface area contributed by atoms with Crippen LogP contribution in [0.15, 0.2) is 6.07 Å². The van der Waals surface area contributed by atoms with Crippen molar-refractivity contribution in [2.45, 2.75) is 19.4 Å². The van der Waals surface area contributed by atoms with E-state index in [1.807, 2.05) is 6.92 Å². The normalized spacial score (nSPS) is 24.0. The summed E-state index contributed by atoms with van der Waals surface area (Å²) in [6.07, 6.45) is 0.940. The summed E-state index contributed by atoms with van der Waals surface area (Å²) in [5, 5.41) is 2.68. The summed E-state index contributed by atoms with van der Waals surface area (Å²) in [6, 6.07) is 0.485. The topological polar surface area (TPSA) is 34.1 Å². The highest BCUT2D eigenvalue weighted by atomic mass is 19.2. The van der Waals surface area contributed by atoms with E-state index >= 15 is 0 Å². The van der Waals surface area contributed by atoms with Gasteiger partial charge in [-0.2, -0.15) is 9.37 Å². The molecule has 94 valence electrons. The molecule has 2 heterocycles. The van der Waals surface area contributed by atoms with Crippen LogP contribution in [0.5, 0.6) is 0 Å². The number of halogens is 3. The number of aromatic nitrogens is 1. The average Bonchev–Trinajstić information content (AvgIpc) is 2.68. The molecule has 0 radical (unpaired) electrons. The van der Waals surface area contributed by atoms with Gasteiger partial charge in [-0.15, -0.1) is 0 Å². The molecule has 1 N–H and O–H groups in total. The molecule has 3 nitrogen and oxygen atoms in total. The lowest BCUT2D eigenvalue weighted by Crippen LogP contribution is -2.21.